The Balaban J connectivity index is 2.66. The average Bonchev–Trinajstić information content (AvgIpc) is 2.46. The maximum absolute atomic E-state index is 13.6. The molecule has 0 aromatic heterocycles. The highest BCUT2D eigenvalue weighted by molar-refractivity contribution is 5.98. The molecule has 0 amide bonds. The third-order valence-corrected chi connectivity index (χ3v) is 3.17. The van der Waals surface area contributed by atoms with Gasteiger partial charge < -0.3 is 9.84 Å². The Morgan fingerprint density at radius 2 is 1.90 bits per heavy atom. The van der Waals surface area contributed by atoms with Gasteiger partial charge in [-0.2, -0.15) is 0 Å². The van der Waals surface area contributed by atoms with E-state index < -0.39 is 17.8 Å². The van der Waals surface area contributed by atoms with Crippen LogP contribution in [0.1, 0.15) is 26.3 Å². The molecule has 0 fully saturated rings. The number of hydrogen-bond acceptors (Lipinski definition) is 3. The lowest BCUT2D eigenvalue weighted by molar-refractivity contribution is 0.0594. The van der Waals surface area contributed by atoms with Crippen molar-refractivity contribution in [3.8, 4) is 11.1 Å². The van der Waals surface area contributed by atoms with Crippen LogP contribution in [0.25, 0.3) is 11.1 Å². The molecule has 5 heteroatoms. The summed E-state index contributed by atoms with van der Waals surface area (Å²) in [6.45, 7) is 1.68. The number of carbonyl (C=O) groups excluding carboxylic acids is 1. The maximum atomic E-state index is 13.6. The second kappa shape index (κ2) is 5.75. The number of carbonyl (C=O) groups is 2. The van der Waals surface area contributed by atoms with Gasteiger partial charge in [0, 0.05) is 0 Å². The van der Waals surface area contributed by atoms with Gasteiger partial charge in [0.25, 0.3) is 0 Å². The quantitative estimate of drug-likeness (QED) is 0.880. The maximum Gasteiger partial charge on any atom is 0.340 e. The predicted molar refractivity (Wildman–Crippen MR) is 74.9 cm³/mol. The summed E-state index contributed by atoms with van der Waals surface area (Å²) in [7, 11) is 1.16. The fourth-order valence-corrected chi connectivity index (χ4v) is 2.15. The number of methoxy groups -OCH3 is 1. The van der Waals surface area contributed by atoms with Gasteiger partial charge in [-0.3, -0.25) is 0 Å². The Bertz CT molecular complexity index is 722. The minimum absolute atomic E-state index is 0.125. The highest BCUT2D eigenvalue weighted by atomic mass is 19.1. The molecule has 2 aromatic carbocycles. The summed E-state index contributed by atoms with van der Waals surface area (Å²) in [4.78, 5) is 22.9. The molecule has 2 aromatic rings. The van der Waals surface area contributed by atoms with Crippen LogP contribution < -0.4 is 0 Å². The lowest BCUT2D eigenvalue weighted by Gasteiger charge is -2.10. The third-order valence-electron chi connectivity index (χ3n) is 3.17. The van der Waals surface area contributed by atoms with Crippen molar-refractivity contribution in [2.24, 2.45) is 0 Å². The summed E-state index contributed by atoms with van der Waals surface area (Å²) in [6, 6.07) is 8.85. The van der Waals surface area contributed by atoms with Crippen molar-refractivity contribution in [2.45, 2.75) is 6.92 Å². The van der Waals surface area contributed by atoms with Crippen LogP contribution in [0.2, 0.25) is 0 Å². The van der Waals surface area contributed by atoms with E-state index in [1.165, 1.54) is 12.1 Å². The Hall–Kier alpha value is -2.69. The number of ether oxygens (including phenoxy) is 1. The van der Waals surface area contributed by atoms with E-state index in [9.17, 15) is 19.1 Å². The average molecular weight is 288 g/mol. The lowest BCUT2D eigenvalue weighted by Crippen LogP contribution is -2.06. The van der Waals surface area contributed by atoms with Crippen molar-refractivity contribution in [1.82, 2.24) is 0 Å². The number of benzene rings is 2. The van der Waals surface area contributed by atoms with E-state index in [4.69, 9.17) is 0 Å². The molecule has 0 heterocycles. The van der Waals surface area contributed by atoms with Crippen LogP contribution in [-0.4, -0.2) is 24.2 Å². The first-order valence-corrected chi connectivity index (χ1v) is 6.17. The second-order valence-corrected chi connectivity index (χ2v) is 4.49. The van der Waals surface area contributed by atoms with Crippen molar-refractivity contribution >= 4 is 11.9 Å². The summed E-state index contributed by atoms with van der Waals surface area (Å²) in [6.07, 6.45) is 0. The topological polar surface area (TPSA) is 63.6 Å². The number of aromatic carboxylic acids is 1. The highest BCUT2D eigenvalue weighted by Gasteiger charge is 2.18. The fourth-order valence-electron chi connectivity index (χ4n) is 2.15. The van der Waals surface area contributed by atoms with Crippen molar-refractivity contribution in [2.75, 3.05) is 7.11 Å². The zero-order valence-corrected chi connectivity index (χ0v) is 11.5. The summed E-state index contributed by atoms with van der Waals surface area (Å²) < 4.78 is 18.2. The molecule has 108 valence electrons. The molecule has 0 spiro atoms. The number of carboxylic acids is 1. The van der Waals surface area contributed by atoms with Crippen molar-refractivity contribution < 1.29 is 23.8 Å². The molecule has 2 rings (SSSR count). The zero-order valence-electron chi connectivity index (χ0n) is 11.5. The molecule has 21 heavy (non-hydrogen) atoms. The molecule has 0 saturated heterocycles. The number of aryl methyl sites for hydroxylation is 1. The molecule has 0 aliphatic rings. The normalized spacial score (nSPS) is 10.2. The smallest absolute Gasteiger partial charge is 0.340 e. The van der Waals surface area contributed by atoms with E-state index in [0.29, 0.717) is 16.7 Å². The number of carboxylic acid groups (broad SMARTS) is 1. The molecule has 0 aliphatic heterocycles. The van der Waals surface area contributed by atoms with E-state index in [2.05, 4.69) is 4.74 Å². The molecule has 0 atom stereocenters. The largest absolute Gasteiger partial charge is 0.478 e. The third kappa shape index (κ3) is 2.76. The monoisotopic (exact) mass is 288 g/mol. The Kier molecular flexibility index (Phi) is 4.03. The zero-order chi connectivity index (χ0) is 15.6. The van der Waals surface area contributed by atoms with Gasteiger partial charge >= 0.3 is 11.9 Å². The Morgan fingerprint density at radius 3 is 2.52 bits per heavy atom. The molecule has 0 saturated carbocycles. The molecule has 0 unspecified atom stereocenters. The van der Waals surface area contributed by atoms with Crippen LogP contribution in [0.4, 0.5) is 4.39 Å². The fraction of sp³-hybridized carbons (Fsp3) is 0.125. The van der Waals surface area contributed by atoms with Crippen molar-refractivity contribution in [1.29, 1.82) is 0 Å². The number of rotatable bonds is 3. The van der Waals surface area contributed by atoms with E-state index in [1.54, 1.807) is 25.1 Å². The molecule has 0 radical (unpaired) electrons. The van der Waals surface area contributed by atoms with Crippen LogP contribution in [-0.2, 0) is 4.74 Å². The van der Waals surface area contributed by atoms with Gasteiger partial charge in [0.2, 0.25) is 0 Å². The second-order valence-electron chi connectivity index (χ2n) is 4.49. The van der Waals surface area contributed by atoms with E-state index in [-0.39, 0.29) is 11.1 Å². The first kappa shape index (κ1) is 14.7. The van der Waals surface area contributed by atoms with Gasteiger partial charge in [0.1, 0.15) is 5.82 Å². The molecular formula is C16H13FO4. The minimum atomic E-state index is -1.08. The number of hydrogen-bond donors (Lipinski definition) is 1. The molecule has 0 bridgehead atoms. The van der Waals surface area contributed by atoms with Crippen molar-refractivity contribution in [3.05, 3.63) is 58.9 Å². The van der Waals surface area contributed by atoms with Gasteiger partial charge in [0.05, 0.1) is 18.2 Å². The van der Waals surface area contributed by atoms with Crippen LogP contribution in [0, 0.1) is 12.7 Å². The first-order valence-electron chi connectivity index (χ1n) is 6.17. The number of esters is 1. The minimum Gasteiger partial charge on any atom is -0.478 e. The van der Waals surface area contributed by atoms with Gasteiger partial charge in [0.15, 0.2) is 0 Å². The predicted octanol–water partition coefficient (Wildman–Crippen LogP) is 3.29. The molecule has 1 N–H and O–H groups in total. The lowest BCUT2D eigenvalue weighted by atomic mass is 9.95. The highest BCUT2D eigenvalue weighted by Crippen LogP contribution is 2.28. The van der Waals surface area contributed by atoms with Crippen molar-refractivity contribution in [3.63, 3.8) is 0 Å². The van der Waals surface area contributed by atoms with E-state index >= 15 is 0 Å². The van der Waals surface area contributed by atoms with Crippen LogP contribution in [0.3, 0.4) is 0 Å². The standard InChI is InChI=1S/C16H13FO4/c1-9-4-3-5-11(14(9)15(18)19)10-6-7-13(17)12(8-10)16(20)21-2/h3-8H,1-2H3,(H,18,19). The van der Waals surface area contributed by atoms with Crippen LogP contribution in [0.5, 0.6) is 0 Å². The van der Waals surface area contributed by atoms with Gasteiger partial charge in [-0.15, -0.1) is 0 Å². The SMILES string of the molecule is COC(=O)c1cc(-c2cccc(C)c2C(=O)O)ccc1F. The summed E-state index contributed by atoms with van der Waals surface area (Å²) in [5.74, 6) is -2.60. The van der Waals surface area contributed by atoms with E-state index in [0.717, 1.165) is 13.2 Å². The molecule has 0 aliphatic carbocycles. The van der Waals surface area contributed by atoms with Crippen LogP contribution >= 0.6 is 0 Å². The van der Waals surface area contributed by atoms with Gasteiger partial charge in [-0.1, -0.05) is 24.3 Å². The summed E-state index contributed by atoms with van der Waals surface area (Å²) in [5, 5.41) is 9.32. The Labute approximate surface area is 120 Å². The first-order chi connectivity index (χ1) is 9.95. The van der Waals surface area contributed by atoms with Crippen LogP contribution in [0.15, 0.2) is 36.4 Å². The van der Waals surface area contributed by atoms with E-state index in [1.807, 2.05) is 0 Å². The summed E-state index contributed by atoms with van der Waals surface area (Å²) in [5.41, 5.74) is 1.35. The molecular weight excluding hydrogens is 275 g/mol. The van der Waals surface area contributed by atoms with Gasteiger partial charge in [-0.25, -0.2) is 14.0 Å². The Morgan fingerprint density at radius 1 is 1.19 bits per heavy atom. The van der Waals surface area contributed by atoms with Gasteiger partial charge in [-0.05, 0) is 35.7 Å². The summed E-state index contributed by atoms with van der Waals surface area (Å²) >= 11 is 0. The molecule has 4 nitrogen and oxygen atoms in total. The number of halogens is 1.